The van der Waals surface area contributed by atoms with Crippen LogP contribution in [-0.4, -0.2) is 4.98 Å². The molecule has 2 nitrogen and oxygen atoms in total. The Balaban J connectivity index is 2.13. The van der Waals surface area contributed by atoms with Crippen LogP contribution in [0.3, 0.4) is 0 Å². The zero-order valence-corrected chi connectivity index (χ0v) is 9.86. The van der Waals surface area contributed by atoms with Gasteiger partial charge in [-0.15, -0.1) is 0 Å². The van der Waals surface area contributed by atoms with Crippen LogP contribution in [0.1, 0.15) is 17.2 Å². The van der Waals surface area contributed by atoms with Gasteiger partial charge in [-0.3, -0.25) is 4.98 Å². The number of aromatic nitrogens is 1. The lowest BCUT2D eigenvalue weighted by atomic mass is 10.0. The Bertz CT molecular complexity index is 502. The molecule has 0 fully saturated rings. The van der Waals surface area contributed by atoms with Gasteiger partial charge in [0.25, 0.3) is 0 Å². The first-order valence-corrected chi connectivity index (χ1v) is 5.64. The van der Waals surface area contributed by atoms with Crippen molar-refractivity contribution in [1.29, 1.82) is 0 Å². The number of hydrogen-bond acceptors (Lipinski definition) is 2. The fraction of sp³-hybridized carbons (Fsp3) is 0.154. The van der Waals surface area contributed by atoms with E-state index in [1.807, 2.05) is 12.1 Å². The number of hydrogen-bond donors (Lipinski definition) is 1. The smallest absolute Gasteiger partial charge is 0.142 e. The van der Waals surface area contributed by atoms with Gasteiger partial charge in [0.2, 0.25) is 0 Å². The van der Waals surface area contributed by atoms with Crippen LogP contribution in [0.5, 0.6) is 0 Å². The summed E-state index contributed by atoms with van der Waals surface area (Å²) in [7, 11) is 0. The van der Waals surface area contributed by atoms with Gasteiger partial charge in [-0.25, -0.2) is 4.39 Å². The minimum Gasteiger partial charge on any atom is -0.324 e. The van der Waals surface area contributed by atoms with Crippen LogP contribution >= 0.6 is 11.6 Å². The molecule has 88 valence electrons. The highest BCUT2D eigenvalue weighted by molar-refractivity contribution is 6.30. The second-order valence-corrected chi connectivity index (χ2v) is 4.25. The van der Waals surface area contributed by atoms with E-state index < -0.39 is 5.82 Å². The van der Waals surface area contributed by atoms with Gasteiger partial charge in [0.1, 0.15) is 5.82 Å². The number of rotatable bonds is 3. The molecule has 4 heteroatoms. The van der Waals surface area contributed by atoms with Crippen LogP contribution in [-0.2, 0) is 6.42 Å². The Morgan fingerprint density at radius 2 is 2.18 bits per heavy atom. The van der Waals surface area contributed by atoms with Gasteiger partial charge < -0.3 is 5.73 Å². The molecule has 2 aromatic rings. The lowest BCUT2D eigenvalue weighted by molar-refractivity contribution is 0.622. The zero-order chi connectivity index (χ0) is 12.3. The molecular weight excluding hydrogens is 239 g/mol. The van der Waals surface area contributed by atoms with Crippen molar-refractivity contribution in [2.75, 3.05) is 0 Å². The van der Waals surface area contributed by atoms with Gasteiger partial charge >= 0.3 is 0 Å². The Morgan fingerprint density at radius 1 is 1.35 bits per heavy atom. The van der Waals surface area contributed by atoms with Crippen LogP contribution in [0.25, 0.3) is 0 Å². The van der Waals surface area contributed by atoms with Gasteiger partial charge in [0, 0.05) is 18.4 Å². The number of benzene rings is 1. The van der Waals surface area contributed by atoms with E-state index in [0.717, 1.165) is 11.1 Å². The lowest BCUT2D eigenvalue weighted by Gasteiger charge is -2.11. The molecule has 0 aliphatic rings. The van der Waals surface area contributed by atoms with E-state index in [9.17, 15) is 4.39 Å². The monoisotopic (exact) mass is 250 g/mol. The molecular formula is C13H12ClFN2. The van der Waals surface area contributed by atoms with Crippen molar-refractivity contribution in [2.24, 2.45) is 5.73 Å². The first kappa shape index (κ1) is 12.0. The maximum Gasteiger partial charge on any atom is 0.142 e. The fourth-order valence-electron chi connectivity index (χ4n) is 1.63. The third-order valence-electron chi connectivity index (χ3n) is 2.55. The number of halogens is 2. The van der Waals surface area contributed by atoms with Crippen molar-refractivity contribution >= 4 is 11.6 Å². The predicted molar refractivity (Wildman–Crippen MR) is 66.3 cm³/mol. The molecule has 0 aliphatic carbocycles. The molecule has 0 aliphatic heterocycles. The Kier molecular flexibility index (Phi) is 3.71. The minimum absolute atomic E-state index is 0.128. The normalized spacial score (nSPS) is 12.4. The Hall–Kier alpha value is -1.45. The molecule has 0 amide bonds. The molecule has 1 aromatic heterocycles. The molecule has 1 aromatic carbocycles. The highest BCUT2D eigenvalue weighted by Gasteiger charge is 2.08. The van der Waals surface area contributed by atoms with Gasteiger partial charge in [-0.05, 0) is 35.7 Å². The SMILES string of the molecule is NC(Cc1ccc(Cl)c(F)c1)c1cccnc1. The average Bonchev–Trinajstić information content (AvgIpc) is 2.35. The van der Waals surface area contributed by atoms with Gasteiger partial charge in [0.05, 0.1) is 5.02 Å². The highest BCUT2D eigenvalue weighted by atomic mass is 35.5. The van der Waals surface area contributed by atoms with Crippen molar-refractivity contribution in [3.05, 3.63) is 64.7 Å². The van der Waals surface area contributed by atoms with E-state index in [2.05, 4.69) is 4.98 Å². The maximum atomic E-state index is 13.2. The summed E-state index contributed by atoms with van der Waals surface area (Å²) < 4.78 is 13.2. The molecule has 0 radical (unpaired) electrons. The molecule has 0 saturated heterocycles. The molecule has 2 rings (SSSR count). The Morgan fingerprint density at radius 3 is 2.82 bits per heavy atom. The van der Waals surface area contributed by atoms with Crippen LogP contribution in [0.15, 0.2) is 42.7 Å². The van der Waals surface area contributed by atoms with Crippen LogP contribution < -0.4 is 5.73 Å². The minimum atomic E-state index is -0.414. The maximum absolute atomic E-state index is 13.2. The van der Waals surface area contributed by atoms with E-state index in [-0.39, 0.29) is 11.1 Å². The van der Waals surface area contributed by atoms with Gasteiger partial charge in [-0.2, -0.15) is 0 Å². The molecule has 1 atom stereocenters. The molecule has 0 spiro atoms. The van der Waals surface area contributed by atoms with Gasteiger partial charge in [0.15, 0.2) is 0 Å². The first-order valence-electron chi connectivity index (χ1n) is 5.26. The number of nitrogens with zero attached hydrogens (tertiary/aromatic N) is 1. The van der Waals surface area contributed by atoms with E-state index in [1.54, 1.807) is 24.5 Å². The standard InChI is InChI=1S/C13H12ClFN2/c14-11-4-3-9(6-12(11)15)7-13(16)10-2-1-5-17-8-10/h1-6,8,13H,7,16H2. The summed E-state index contributed by atoms with van der Waals surface area (Å²) in [6, 6.07) is 8.29. The summed E-state index contributed by atoms with van der Waals surface area (Å²) in [6.07, 6.45) is 3.97. The number of nitrogens with two attached hydrogens (primary N) is 1. The molecule has 0 bridgehead atoms. The lowest BCUT2D eigenvalue weighted by Crippen LogP contribution is -2.13. The summed E-state index contributed by atoms with van der Waals surface area (Å²) in [4.78, 5) is 4.00. The quantitative estimate of drug-likeness (QED) is 0.909. The summed E-state index contributed by atoms with van der Waals surface area (Å²) in [5, 5.41) is 0.128. The van der Waals surface area contributed by atoms with Gasteiger partial charge in [-0.1, -0.05) is 23.7 Å². The largest absolute Gasteiger partial charge is 0.324 e. The van der Waals surface area contributed by atoms with Crippen molar-refractivity contribution in [2.45, 2.75) is 12.5 Å². The van der Waals surface area contributed by atoms with E-state index in [4.69, 9.17) is 17.3 Å². The second-order valence-electron chi connectivity index (χ2n) is 3.85. The topological polar surface area (TPSA) is 38.9 Å². The molecule has 0 saturated carbocycles. The summed E-state index contributed by atoms with van der Waals surface area (Å²) in [5.74, 6) is -0.414. The number of pyridine rings is 1. The zero-order valence-electron chi connectivity index (χ0n) is 9.11. The summed E-state index contributed by atoms with van der Waals surface area (Å²) in [5.41, 5.74) is 7.78. The van der Waals surface area contributed by atoms with Crippen molar-refractivity contribution in [1.82, 2.24) is 4.98 Å². The molecule has 17 heavy (non-hydrogen) atoms. The third kappa shape index (κ3) is 3.02. The van der Waals surface area contributed by atoms with Crippen molar-refractivity contribution < 1.29 is 4.39 Å². The van der Waals surface area contributed by atoms with Crippen LogP contribution in [0.2, 0.25) is 5.02 Å². The van der Waals surface area contributed by atoms with Crippen LogP contribution in [0.4, 0.5) is 4.39 Å². The summed E-state index contributed by atoms with van der Waals surface area (Å²) in [6.45, 7) is 0. The third-order valence-corrected chi connectivity index (χ3v) is 2.86. The summed E-state index contributed by atoms with van der Waals surface area (Å²) >= 11 is 5.62. The molecule has 1 unspecified atom stereocenters. The fourth-order valence-corrected chi connectivity index (χ4v) is 1.75. The van der Waals surface area contributed by atoms with E-state index >= 15 is 0 Å². The average molecular weight is 251 g/mol. The Labute approximate surface area is 104 Å². The van der Waals surface area contributed by atoms with Crippen molar-refractivity contribution in [3.8, 4) is 0 Å². The predicted octanol–water partition coefficient (Wildman–Crippen LogP) is 3.12. The van der Waals surface area contributed by atoms with Crippen LogP contribution in [0, 0.1) is 5.82 Å². The van der Waals surface area contributed by atoms with Crippen molar-refractivity contribution in [3.63, 3.8) is 0 Å². The molecule has 1 heterocycles. The van der Waals surface area contributed by atoms with E-state index in [0.29, 0.717) is 6.42 Å². The second kappa shape index (κ2) is 5.25. The first-order chi connectivity index (χ1) is 8.16. The van der Waals surface area contributed by atoms with E-state index in [1.165, 1.54) is 6.07 Å². The highest BCUT2D eigenvalue weighted by Crippen LogP contribution is 2.19. The molecule has 2 N–H and O–H groups in total.